The molecule has 1 saturated carbocycles. The van der Waals surface area contributed by atoms with Gasteiger partial charge >= 0.3 is 0 Å². The molecule has 0 bridgehead atoms. The van der Waals surface area contributed by atoms with Gasteiger partial charge in [-0.2, -0.15) is 0 Å². The zero-order valence-electron chi connectivity index (χ0n) is 12.5. The van der Waals surface area contributed by atoms with Gasteiger partial charge in [-0.05, 0) is 50.1 Å². The summed E-state index contributed by atoms with van der Waals surface area (Å²) in [5, 5.41) is 0. The molecule has 0 spiro atoms. The van der Waals surface area contributed by atoms with Crippen LogP contribution in [0.1, 0.15) is 31.2 Å². The zero-order chi connectivity index (χ0) is 13.9. The van der Waals surface area contributed by atoms with Gasteiger partial charge in [0.15, 0.2) is 0 Å². The SMILES string of the molecule is COc1ccc2c(CCN(C)C3CCCC3)ccn2c1. The van der Waals surface area contributed by atoms with Gasteiger partial charge in [0.2, 0.25) is 0 Å². The van der Waals surface area contributed by atoms with Crippen molar-refractivity contribution < 1.29 is 4.74 Å². The Balaban J connectivity index is 1.68. The zero-order valence-corrected chi connectivity index (χ0v) is 12.5. The van der Waals surface area contributed by atoms with E-state index in [4.69, 9.17) is 4.74 Å². The number of hydrogen-bond donors (Lipinski definition) is 0. The topological polar surface area (TPSA) is 16.9 Å². The number of rotatable bonds is 5. The van der Waals surface area contributed by atoms with Crippen LogP contribution >= 0.6 is 0 Å². The smallest absolute Gasteiger partial charge is 0.135 e. The van der Waals surface area contributed by atoms with Crippen LogP contribution in [0.25, 0.3) is 5.52 Å². The molecular formula is C17H24N2O. The number of fused-ring (bicyclic) bond motifs is 1. The predicted octanol–water partition coefficient (Wildman–Crippen LogP) is 3.36. The summed E-state index contributed by atoms with van der Waals surface area (Å²) in [7, 11) is 3.99. The summed E-state index contributed by atoms with van der Waals surface area (Å²) in [5.41, 5.74) is 2.73. The molecule has 2 heterocycles. The fourth-order valence-corrected chi connectivity index (χ4v) is 3.31. The molecule has 0 N–H and O–H groups in total. The minimum Gasteiger partial charge on any atom is -0.495 e. The van der Waals surface area contributed by atoms with Crippen molar-refractivity contribution in [1.82, 2.24) is 9.30 Å². The number of aromatic nitrogens is 1. The van der Waals surface area contributed by atoms with Crippen LogP contribution < -0.4 is 4.74 Å². The van der Waals surface area contributed by atoms with E-state index in [1.165, 1.54) is 36.8 Å². The number of nitrogens with zero attached hydrogens (tertiary/aromatic N) is 2. The molecule has 0 aromatic carbocycles. The summed E-state index contributed by atoms with van der Waals surface area (Å²) < 4.78 is 7.42. The molecule has 20 heavy (non-hydrogen) atoms. The first-order valence-corrected chi connectivity index (χ1v) is 7.62. The van der Waals surface area contributed by atoms with E-state index in [9.17, 15) is 0 Å². The van der Waals surface area contributed by atoms with E-state index in [2.05, 4.69) is 34.7 Å². The van der Waals surface area contributed by atoms with Crippen molar-refractivity contribution in [2.45, 2.75) is 38.1 Å². The first kappa shape index (κ1) is 13.5. The molecule has 0 unspecified atom stereocenters. The Bertz CT molecular complexity index is 569. The van der Waals surface area contributed by atoms with E-state index in [1.807, 2.05) is 12.3 Å². The highest BCUT2D eigenvalue weighted by Crippen LogP contribution is 2.23. The van der Waals surface area contributed by atoms with Crippen molar-refractivity contribution in [3.63, 3.8) is 0 Å². The summed E-state index contributed by atoms with van der Waals surface area (Å²) >= 11 is 0. The van der Waals surface area contributed by atoms with Gasteiger partial charge in [-0.15, -0.1) is 0 Å². The number of likely N-dealkylation sites (N-methyl/N-ethyl adjacent to an activating group) is 1. The molecule has 1 aliphatic rings. The molecular weight excluding hydrogens is 248 g/mol. The predicted molar refractivity (Wildman–Crippen MR) is 82.5 cm³/mol. The highest BCUT2D eigenvalue weighted by atomic mass is 16.5. The lowest BCUT2D eigenvalue weighted by atomic mass is 10.1. The number of pyridine rings is 1. The Morgan fingerprint density at radius 1 is 1.25 bits per heavy atom. The van der Waals surface area contributed by atoms with Crippen LogP contribution in [0.2, 0.25) is 0 Å². The van der Waals surface area contributed by atoms with E-state index < -0.39 is 0 Å². The third-order valence-corrected chi connectivity index (χ3v) is 4.63. The minimum absolute atomic E-state index is 0.809. The van der Waals surface area contributed by atoms with Crippen molar-refractivity contribution in [2.75, 3.05) is 20.7 Å². The van der Waals surface area contributed by atoms with Gasteiger partial charge in [-0.25, -0.2) is 0 Å². The maximum absolute atomic E-state index is 5.27. The third-order valence-electron chi connectivity index (χ3n) is 4.63. The summed E-state index contributed by atoms with van der Waals surface area (Å²) in [4.78, 5) is 2.54. The fraction of sp³-hybridized carbons (Fsp3) is 0.529. The second-order valence-electron chi connectivity index (χ2n) is 5.87. The van der Waals surface area contributed by atoms with E-state index >= 15 is 0 Å². The van der Waals surface area contributed by atoms with Gasteiger partial charge in [0.25, 0.3) is 0 Å². The number of hydrogen-bond acceptors (Lipinski definition) is 2. The highest BCUT2D eigenvalue weighted by molar-refractivity contribution is 5.57. The van der Waals surface area contributed by atoms with Crippen molar-refractivity contribution in [1.29, 1.82) is 0 Å². The molecule has 3 rings (SSSR count). The van der Waals surface area contributed by atoms with Crippen LogP contribution in [0.4, 0.5) is 0 Å². The molecule has 108 valence electrons. The molecule has 0 atom stereocenters. The summed E-state index contributed by atoms with van der Waals surface area (Å²) in [6.45, 7) is 1.15. The van der Waals surface area contributed by atoms with Crippen LogP contribution in [0, 0.1) is 0 Å². The van der Waals surface area contributed by atoms with Crippen LogP contribution in [0.5, 0.6) is 5.75 Å². The quantitative estimate of drug-likeness (QED) is 0.830. The third kappa shape index (κ3) is 2.68. The van der Waals surface area contributed by atoms with Gasteiger partial charge < -0.3 is 14.0 Å². The fourth-order valence-electron chi connectivity index (χ4n) is 3.31. The first-order chi connectivity index (χ1) is 9.78. The Morgan fingerprint density at radius 3 is 2.80 bits per heavy atom. The lowest BCUT2D eigenvalue weighted by Gasteiger charge is -2.23. The maximum Gasteiger partial charge on any atom is 0.135 e. The van der Waals surface area contributed by atoms with E-state index in [0.717, 1.165) is 24.8 Å². The molecule has 0 aliphatic heterocycles. The lowest BCUT2D eigenvalue weighted by Crippen LogP contribution is -2.30. The number of methoxy groups -OCH3 is 1. The van der Waals surface area contributed by atoms with Gasteiger partial charge in [0.1, 0.15) is 5.75 Å². The molecule has 2 aromatic heterocycles. The Kier molecular flexibility index (Phi) is 3.97. The molecule has 0 radical (unpaired) electrons. The van der Waals surface area contributed by atoms with Gasteiger partial charge in [-0.3, -0.25) is 0 Å². The molecule has 3 heteroatoms. The van der Waals surface area contributed by atoms with E-state index in [1.54, 1.807) is 7.11 Å². The molecule has 1 fully saturated rings. The van der Waals surface area contributed by atoms with Crippen molar-refractivity contribution in [3.05, 3.63) is 36.2 Å². The second-order valence-corrected chi connectivity index (χ2v) is 5.87. The van der Waals surface area contributed by atoms with Crippen molar-refractivity contribution >= 4 is 5.52 Å². The Labute approximate surface area is 121 Å². The normalized spacial score (nSPS) is 16.4. The van der Waals surface area contributed by atoms with Crippen molar-refractivity contribution in [2.24, 2.45) is 0 Å². The molecule has 0 amide bonds. The summed E-state index contributed by atoms with van der Waals surface area (Å²) in [6.07, 6.45) is 10.9. The Hall–Kier alpha value is -1.48. The monoisotopic (exact) mass is 272 g/mol. The van der Waals surface area contributed by atoms with Gasteiger partial charge in [-0.1, -0.05) is 12.8 Å². The van der Waals surface area contributed by atoms with Crippen LogP contribution in [0.3, 0.4) is 0 Å². The van der Waals surface area contributed by atoms with Crippen LogP contribution in [-0.4, -0.2) is 36.0 Å². The first-order valence-electron chi connectivity index (χ1n) is 7.62. The van der Waals surface area contributed by atoms with E-state index in [-0.39, 0.29) is 0 Å². The molecule has 0 saturated heterocycles. The largest absolute Gasteiger partial charge is 0.495 e. The molecule has 2 aromatic rings. The molecule has 3 nitrogen and oxygen atoms in total. The van der Waals surface area contributed by atoms with Gasteiger partial charge in [0.05, 0.1) is 13.3 Å². The summed E-state index contributed by atoms with van der Waals surface area (Å²) in [6, 6.07) is 7.24. The second kappa shape index (κ2) is 5.88. The summed E-state index contributed by atoms with van der Waals surface area (Å²) in [5.74, 6) is 0.905. The highest BCUT2D eigenvalue weighted by Gasteiger charge is 2.19. The number of ether oxygens (including phenoxy) is 1. The van der Waals surface area contributed by atoms with Gasteiger partial charge in [0, 0.05) is 24.3 Å². The van der Waals surface area contributed by atoms with Crippen LogP contribution in [-0.2, 0) is 6.42 Å². The van der Waals surface area contributed by atoms with E-state index in [0.29, 0.717) is 0 Å². The van der Waals surface area contributed by atoms with Crippen molar-refractivity contribution in [3.8, 4) is 5.75 Å². The molecule has 1 aliphatic carbocycles. The lowest BCUT2D eigenvalue weighted by molar-refractivity contribution is 0.249. The standard InChI is InChI=1S/C17H24N2O/c1-18(15-5-3-4-6-15)11-9-14-10-12-19-13-16(20-2)7-8-17(14)19/h7-8,10,12-13,15H,3-6,9,11H2,1-2H3. The average Bonchev–Trinajstić information content (AvgIpc) is 3.13. The Morgan fingerprint density at radius 2 is 2.05 bits per heavy atom. The van der Waals surface area contributed by atoms with Crippen LogP contribution in [0.15, 0.2) is 30.6 Å². The average molecular weight is 272 g/mol. The maximum atomic E-state index is 5.27. The minimum atomic E-state index is 0.809.